The van der Waals surface area contributed by atoms with Crippen molar-refractivity contribution in [3.63, 3.8) is 0 Å². The number of hydrogen-bond acceptors (Lipinski definition) is 3. The van der Waals surface area contributed by atoms with Crippen molar-refractivity contribution in [1.82, 2.24) is 14.5 Å². The fraction of sp³-hybridized carbons (Fsp3) is 0.438. The van der Waals surface area contributed by atoms with E-state index in [1.54, 1.807) is 24.3 Å². The molecule has 0 aliphatic heterocycles. The molecular weight excluding hydrogens is 282 g/mol. The Kier molecular flexibility index (Phi) is 5.14. The van der Waals surface area contributed by atoms with E-state index in [1.807, 2.05) is 13.8 Å². The second-order valence-corrected chi connectivity index (χ2v) is 5.19. The molecule has 0 unspecified atom stereocenters. The second kappa shape index (κ2) is 7.06. The molecule has 0 atom stereocenters. The standard InChI is InChI=1S/C16H21N3O3/c1-3-9-17-14(20)11-19-13-8-6-5-7-12(13)15(21)18(10-4-2)16(19)22/h5-8H,3-4,9-11H2,1-2H3,(H,17,20). The van der Waals surface area contributed by atoms with Gasteiger partial charge in [-0.3, -0.25) is 18.7 Å². The van der Waals surface area contributed by atoms with Gasteiger partial charge in [0.1, 0.15) is 6.54 Å². The predicted octanol–water partition coefficient (Wildman–Crippen LogP) is 1.10. The zero-order valence-corrected chi connectivity index (χ0v) is 13.0. The van der Waals surface area contributed by atoms with Crippen molar-refractivity contribution in [1.29, 1.82) is 0 Å². The number of para-hydroxylation sites is 1. The van der Waals surface area contributed by atoms with Crippen LogP contribution in [0.4, 0.5) is 0 Å². The first kappa shape index (κ1) is 16.0. The molecule has 1 aromatic carbocycles. The van der Waals surface area contributed by atoms with E-state index in [-0.39, 0.29) is 18.0 Å². The number of carbonyl (C=O) groups excluding carboxylic acids is 1. The number of nitrogens with one attached hydrogen (secondary N) is 1. The van der Waals surface area contributed by atoms with Crippen LogP contribution in [-0.4, -0.2) is 21.6 Å². The maximum absolute atomic E-state index is 12.5. The van der Waals surface area contributed by atoms with E-state index in [9.17, 15) is 14.4 Å². The highest BCUT2D eigenvalue weighted by Crippen LogP contribution is 2.07. The Morgan fingerprint density at radius 1 is 1.09 bits per heavy atom. The summed E-state index contributed by atoms with van der Waals surface area (Å²) in [5, 5.41) is 3.21. The van der Waals surface area contributed by atoms with Gasteiger partial charge in [-0.05, 0) is 25.0 Å². The van der Waals surface area contributed by atoms with Crippen molar-refractivity contribution in [2.45, 2.75) is 39.8 Å². The number of aromatic nitrogens is 2. The monoisotopic (exact) mass is 303 g/mol. The van der Waals surface area contributed by atoms with Gasteiger partial charge in [0, 0.05) is 13.1 Å². The van der Waals surface area contributed by atoms with E-state index in [2.05, 4.69) is 5.32 Å². The summed E-state index contributed by atoms with van der Waals surface area (Å²) in [5.74, 6) is -0.226. The molecule has 2 aromatic rings. The van der Waals surface area contributed by atoms with Gasteiger partial charge >= 0.3 is 5.69 Å². The van der Waals surface area contributed by atoms with Crippen molar-refractivity contribution < 1.29 is 4.79 Å². The fourth-order valence-corrected chi connectivity index (χ4v) is 2.41. The van der Waals surface area contributed by atoms with Crippen LogP contribution in [0, 0.1) is 0 Å². The third kappa shape index (κ3) is 3.10. The van der Waals surface area contributed by atoms with Crippen molar-refractivity contribution >= 4 is 16.8 Å². The number of benzene rings is 1. The smallest absolute Gasteiger partial charge is 0.331 e. The number of hydrogen-bond donors (Lipinski definition) is 1. The van der Waals surface area contributed by atoms with Crippen LogP contribution in [0.15, 0.2) is 33.9 Å². The zero-order valence-electron chi connectivity index (χ0n) is 13.0. The molecule has 0 saturated heterocycles. The molecule has 0 saturated carbocycles. The second-order valence-electron chi connectivity index (χ2n) is 5.19. The van der Waals surface area contributed by atoms with Crippen LogP contribution in [0.1, 0.15) is 26.7 Å². The number of amides is 1. The Labute approximate surface area is 128 Å². The quantitative estimate of drug-likeness (QED) is 0.868. The normalized spacial score (nSPS) is 10.8. The van der Waals surface area contributed by atoms with Gasteiger partial charge in [-0.25, -0.2) is 4.79 Å². The summed E-state index contributed by atoms with van der Waals surface area (Å²) in [7, 11) is 0. The van der Waals surface area contributed by atoms with Crippen LogP contribution < -0.4 is 16.6 Å². The Morgan fingerprint density at radius 2 is 1.82 bits per heavy atom. The minimum Gasteiger partial charge on any atom is -0.355 e. The molecule has 0 aliphatic carbocycles. The first-order chi connectivity index (χ1) is 10.6. The molecule has 0 radical (unpaired) electrons. The lowest BCUT2D eigenvalue weighted by Gasteiger charge is -2.13. The maximum atomic E-state index is 12.5. The number of fused-ring (bicyclic) bond motifs is 1. The van der Waals surface area contributed by atoms with Gasteiger partial charge in [-0.15, -0.1) is 0 Å². The zero-order chi connectivity index (χ0) is 16.1. The van der Waals surface area contributed by atoms with E-state index >= 15 is 0 Å². The Bertz CT molecular complexity index is 789. The third-order valence-electron chi connectivity index (χ3n) is 3.45. The molecule has 2 rings (SSSR count). The van der Waals surface area contributed by atoms with E-state index in [1.165, 1.54) is 9.13 Å². The topological polar surface area (TPSA) is 73.1 Å². The molecule has 6 heteroatoms. The van der Waals surface area contributed by atoms with Crippen molar-refractivity contribution in [3.05, 3.63) is 45.1 Å². The summed E-state index contributed by atoms with van der Waals surface area (Å²) in [6.07, 6.45) is 1.51. The van der Waals surface area contributed by atoms with Gasteiger partial charge < -0.3 is 5.32 Å². The molecule has 1 amide bonds. The summed E-state index contributed by atoms with van der Waals surface area (Å²) in [5.41, 5.74) is -0.235. The van der Waals surface area contributed by atoms with Crippen LogP contribution >= 0.6 is 0 Å². The minimum absolute atomic E-state index is 0.0800. The first-order valence-electron chi connectivity index (χ1n) is 7.59. The Morgan fingerprint density at radius 3 is 2.50 bits per heavy atom. The van der Waals surface area contributed by atoms with Gasteiger partial charge in [0.2, 0.25) is 5.91 Å². The van der Waals surface area contributed by atoms with E-state index in [0.717, 1.165) is 6.42 Å². The molecule has 0 spiro atoms. The molecule has 118 valence electrons. The van der Waals surface area contributed by atoms with Gasteiger partial charge in [-0.1, -0.05) is 26.0 Å². The molecule has 1 aromatic heterocycles. The highest BCUT2D eigenvalue weighted by molar-refractivity contribution is 5.81. The van der Waals surface area contributed by atoms with Crippen LogP contribution in [0.5, 0.6) is 0 Å². The molecule has 1 N–H and O–H groups in total. The Hall–Kier alpha value is -2.37. The molecule has 1 heterocycles. The van der Waals surface area contributed by atoms with Gasteiger partial charge in [0.05, 0.1) is 10.9 Å². The third-order valence-corrected chi connectivity index (χ3v) is 3.45. The minimum atomic E-state index is -0.433. The summed E-state index contributed by atoms with van der Waals surface area (Å²) in [4.78, 5) is 36.9. The van der Waals surface area contributed by atoms with Gasteiger partial charge in [0.25, 0.3) is 5.56 Å². The first-order valence-corrected chi connectivity index (χ1v) is 7.59. The SMILES string of the molecule is CCCNC(=O)Cn1c(=O)n(CCC)c(=O)c2ccccc21. The largest absolute Gasteiger partial charge is 0.355 e. The number of rotatable bonds is 6. The van der Waals surface area contributed by atoms with E-state index in [4.69, 9.17) is 0 Å². The molecule has 0 aliphatic rings. The number of nitrogens with zero attached hydrogens (tertiary/aromatic N) is 2. The van der Waals surface area contributed by atoms with Crippen LogP contribution in [0.2, 0.25) is 0 Å². The fourth-order valence-electron chi connectivity index (χ4n) is 2.41. The van der Waals surface area contributed by atoms with Crippen molar-refractivity contribution in [2.75, 3.05) is 6.54 Å². The summed E-state index contributed by atoms with van der Waals surface area (Å²) in [6, 6.07) is 6.89. The van der Waals surface area contributed by atoms with E-state index in [0.29, 0.717) is 30.4 Å². The lowest BCUT2D eigenvalue weighted by atomic mass is 10.2. The Balaban J connectivity index is 2.59. The average molecular weight is 303 g/mol. The number of carbonyl (C=O) groups is 1. The molecule has 6 nitrogen and oxygen atoms in total. The molecule has 0 fully saturated rings. The average Bonchev–Trinajstić information content (AvgIpc) is 2.53. The van der Waals surface area contributed by atoms with Crippen molar-refractivity contribution in [3.8, 4) is 0 Å². The highest BCUT2D eigenvalue weighted by Gasteiger charge is 2.14. The van der Waals surface area contributed by atoms with Gasteiger partial charge in [-0.2, -0.15) is 0 Å². The molecule has 22 heavy (non-hydrogen) atoms. The van der Waals surface area contributed by atoms with Crippen molar-refractivity contribution in [2.24, 2.45) is 0 Å². The molecular formula is C16H21N3O3. The summed E-state index contributed by atoms with van der Waals surface area (Å²) >= 11 is 0. The van der Waals surface area contributed by atoms with Crippen LogP contribution in [0.3, 0.4) is 0 Å². The van der Waals surface area contributed by atoms with E-state index < -0.39 is 5.69 Å². The van der Waals surface area contributed by atoms with Crippen LogP contribution in [-0.2, 0) is 17.9 Å². The van der Waals surface area contributed by atoms with Crippen LogP contribution in [0.25, 0.3) is 10.9 Å². The highest BCUT2D eigenvalue weighted by atomic mass is 16.2. The van der Waals surface area contributed by atoms with Gasteiger partial charge in [0.15, 0.2) is 0 Å². The predicted molar refractivity (Wildman–Crippen MR) is 86.1 cm³/mol. The lowest BCUT2D eigenvalue weighted by molar-refractivity contribution is -0.121. The molecule has 0 bridgehead atoms. The maximum Gasteiger partial charge on any atom is 0.331 e. The lowest BCUT2D eigenvalue weighted by Crippen LogP contribution is -2.42. The summed E-state index contributed by atoms with van der Waals surface area (Å²) < 4.78 is 2.58. The summed E-state index contributed by atoms with van der Waals surface area (Å²) in [6.45, 7) is 4.70.